The van der Waals surface area contributed by atoms with Gasteiger partial charge in [0.15, 0.2) is 0 Å². The molecular weight excluding hydrogens is 212 g/mol. The Kier molecular flexibility index (Phi) is 3.35. The minimum atomic E-state index is -0.711. The lowest BCUT2D eigenvalue weighted by molar-refractivity contribution is -0.0262. The summed E-state index contributed by atoms with van der Waals surface area (Å²) in [4.78, 5) is 4.17. The minimum absolute atomic E-state index is 0.0821. The molecule has 0 aromatic carbocycles. The Morgan fingerprint density at radius 3 is 3.27 bits per heavy atom. The number of nitrogens with one attached hydrogen (secondary N) is 1. The van der Waals surface area contributed by atoms with Gasteiger partial charge in [0.1, 0.15) is 10.6 Å². The number of thiazole rings is 1. The van der Waals surface area contributed by atoms with E-state index in [2.05, 4.69) is 10.3 Å². The molecule has 2 rings (SSSR count). The zero-order chi connectivity index (χ0) is 10.7. The van der Waals surface area contributed by atoms with Crippen LogP contribution in [0.2, 0.25) is 0 Å². The highest BCUT2D eigenvalue weighted by Crippen LogP contribution is 2.24. The van der Waals surface area contributed by atoms with Crippen LogP contribution >= 0.6 is 11.3 Å². The smallest absolute Gasteiger partial charge is 0.106 e. The summed E-state index contributed by atoms with van der Waals surface area (Å²) in [5.74, 6) is 0. The van der Waals surface area contributed by atoms with Gasteiger partial charge < -0.3 is 15.2 Å². The maximum atomic E-state index is 10.2. The maximum Gasteiger partial charge on any atom is 0.106 e. The number of rotatable bonds is 4. The Morgan fingerprint density at radius 1 is 1.80 bits per heavy atom. The van der Waals surface area contributed by atoms with Gasteiger partial charge in [0.2, 0.25) is 0 Å². The third-order valence-electron chi connectivity index (χ3n) is 2.85. The van der Waals surface area contributed by atoms with Crippen LogP contribution in [0.15, 0.2) is 11.6 Å². The number of ether oxygens (including phenoxy) is 1. The molecule has 84 valence electrons. The third kappa shape index (κ3) is 2.55. The van der Waals surface area contributed by atoms with Gasteiger partial charge in [-0.25, -0.2) is 4.98 Å². The third-order valence-corrected chi connectivity index (χ3v) is 3.63. The molecule has 1 aromatic rings. The van der Waals surface area contributed by atoms with Crippen molar-refractivity contribution in [2.24, 2.45) is 0 Å². The molecule has 1 aliphatic heterocycles. The molecule has 1 aliphatic rings. The van der Waals surface area contributed by atoms with Gasteiger partial charge in [-0.3, -0.25) is 0 Å². The van der Waals surface area contributed by atoms with Crippen LogP contribution in [0.5, 0.6) is 0 Å². The van der Waals surface area contributed by atoms with E-state index < -0.39 is 5.60 Å². The van der Waals surface area contributed by atoms with Crippen molar-refractivity contribution < 1.29 is 9.84 Å². The largest absolute Gasteiger partial charge is 0.386 e. The molecule has 4 nitrogen and oxygen atoms in total. The van der Waals surface area contributed by atoms with Crippen molar-refractivity contribution in [1.29, 1.82) is 0 Å². The Balaban J connectivity index is 1.78. The topological polar surface area (TPSA) is 54.4 Å². The Bertz CT molecular complexity index is 304. The second-order valence-electron chi connectivity index (χ2n) is 3.90. The van der Waals surface area contributed by atoms with E-state index in [0.29, 0.717) is 26.1 Å². The molecule has 2 heterocycles. The van der Waals surface area contributed by atoms with Crippen molar-refractivity contribution in [2.75, 3.05) is 13.2 Å². The molecule has 2 unspecified atom stereocenters. The number of nitrogens with zero attached hydrogens (tertiary/aromatic N) is 1. The fraction of sp³-hybridized carbons (Fsp3) is 0.700. The van der Waals surface area contributed by atoms with Crippen molar-refractivity contribution >= 4 is 11.3 Å². The summed E-state index contributed by atoms with van der Waals surface area (Å²) >= 11 is 1.62. The van der Waals surface area contributed by atoms with Crippen LogP contribution in [0.1, 0.15) is 18.4 Å². The van der Waals surface area contributed by atoms with Gasteiger partial charge in [0.25, 0.3) is 0 Å². The second-order valence-corrected chi connectivity index (χ2v) is 4.88. The van der Waals surface area contributed by atoms with Gasteiger partial charge in [0, 0.05) is 37.7 Å². The van der Waals surface area contributed by atoms with E-state index in [9.17, 15) is 5.11 Å². The van der Waals surface area contributed by atoms with Gasteiger partial charge in [-0.15, -0.1) is 11.3 Å². The SMILES string of the molecule is CC1OCCC1(O)CNCc1nccs1. The first-order chi connectivity index (χ1) is 7.21. The molecule has 0 radical (unpaired) electrons. The quantitative estimate of drug-likeness (QED) is 0.799. The molecule has 15 heavy (non-hydrogen) atoms. The predicted molar refractivity (Wildman–Crippen MR) is 58.8 cm³/mol. The summed E-state index contributed by atoms with van der Waals surface area (Å²) in [6.07, 6.45) is 2.41. The Hall–Kier alpha value is -0.490. The van der Waals surface area contributed by atoms with Crippen LogP contribution in [0, 0.1) is 0 Å². The maximum absolute atomic E-state index is 10.2. The lowest BCUT2D eigenvalue weighted by Gasteiger charge is -2.26. The van der Waals surface area contributed by atoms with Crippen molar-refractivity contribution in [3.05, 3.63) is 16.6 Å². The van der Waals surface area contributed by atoms with Crippen LogP contribution in [0.4, 0.5) is 0 Å². The average molecular weight is 228 g/mol. The van der Waals surface area contributed by atoms with Crippen molar-refractivity contribution in [3.8, 4) is 0 Å². The first-order valence-corrected chi connectivity index (χ1v) is 6.02. The summed E-state index contributed by atoms with van der Waals surface area (Å²) in [6, 6.07) is 0. The molecule has 5 heteroatoms. The normalized spacial score (nSPS) is 30.9. The van der Waals surface area contributed by atoms with E-state index in [1.54, 1.807) is 17.5 Å². The van der Waals surface area contributed by atoms with Crippen molar-refractivity contribution in [2.45, 2.75) is 31.6 Å². The van der Waals surface area contributed by atoms with Crippen molar-refractivity contribution in [1.82, 2.24) is 10.3 Å². The molecule has 0 bridgehead atoms. The summed E-state index contributed by atoms with van der Waals surface area (Å²) in [6.45, 7) is 3.84. The number of hydrogen-bond acceptors (Lipinski definition) is 5. The first-order valence-electron chi connectivity index (χ1n) is 5.14. The highest BCUT2D eigenvalue weighted by Gasteiger charge is 2.38. The molecule has 1 saturated heterocycles. The lowest BCUT2D eigenvalue weighted by atomic mass is 9.97. The van der Waals surface area contributed by atoms with E-state index >= 15 is 0 Å². The number of aromatic nitrogens is 1. The first kappa shape index (κ1) is 11.0. The molecule has 2 atom stereocenters. The molecule has 1 fully saturated rings. The highest BCUT2D eigenvalue weighted by molar-refractivity contribution is 7.09. The van der Waals surface area contributed by atoms with E-state index in [4.69, 9.17) is 4.74 Å². The van der Waals surface area contributed by atoms with Gasteiger partial charge in [-0.1, -0.05) is 0 Å². The minimum Gasteiger partial charge on any atom is -0.386 e. The summed E-state index contributed by atoms with van der Waals surface area (Å²) in [7, 11) is 0. The van der Waals surface area contributed by atoms with E-state index in [1.807, 2.05) is 12.3 Å². The van der Waals surface area contributed by atoms with Gasteiger partial charge in [-0.05, 0) is 6.92 Å². The van der Waals surface area contributed by atoms with Crippen LogP contribution in [-0.4, -0.2) is 34.9 Å². The standard InChI is InChI=1S/C10H16N2O2S/c1-8-10(13,2-4-14-8)7-11-6-9-12-3-5-15-9/h3,5,8,11,13H,2,4,6-7H2,1H3. The molecule has 2 N–H and O–H groups in total. The average Bonchev–Trinajstić information content (AvgIpc) is 2.79. The molecule has 0 saturated carbocycles. The van der Waals surface area contributed by atoms with E-state index in [0.717, 1.165) is 5.01 Å². The van der Waals surface area contributed by atoms with E-state index in [1.165, 1.54) is 0 Å². The second kappa shape index (κ2) is 4.57. The highest BCUT2D eigenvalue weighted by atomic mass is 32.1. The zero-order valence-electron chi connectivity index (χ0n) is 8.77. The molecule has 0 aliphatic carbocycles. The summed E-state index contributed by atoms with van der Waals surface area (Å²) in [5, 5.41) is 16.4. The van der Waals surface area contributed by atoms with E-state index in [-0.39, 0.29) is 6.10 Å². The van der Waals surface area contributed by atoms with Crippen molar-refractivity contribution in [3.63, 3.8) is 0 Å². The fourth-order valence-electron chi connectivity index (χ4n) is 1.73. The van der Waals surface area contributed by atoms with Gasteiger partial charge in [-0.2, -0.15) is 0 Å². The predicted octanol–water partition coefficient (Wildman–Crippen LogP) is 0.773. The van der Waals surface area contributed by atoms with Crippen LogP contribution in [0.25, 0.3) is 0 Å². The lowest BCUT2D eigenvalue weighted by Crippen LogP contribution is -2.45. The monoisotopic (exact) mass is 228 g/mol. The van der Waals surface area contributed by atoms with Gasteiger partial charge in [0.05, 0.1) is 6.10 Å². The number of aliphatic hydroxyl groups is 1. The molecule has 0 amide bonds. The Morgan fingerprint density at radius 2 is 2.67 bits per heavy atom. The van der Waals surface area contributed by atoms with Crippen LogP contribution in [-0.2, 0) is 11.3 Å². The number of hydrogen-bond donors (Lipinski definition) is 2. The van der Waals surface area contributed by atoms with Gasteiger partial charge >= 0.3 is 0 Å². The van der Waals surface area contributed by atoms with Crippen LogP contribution < -0.4 is 5.32 Å². The molecule has 0 spiro atoms. The summed E-state index contributed by atoms with van der Waals surface area (Å²) in [5.41, 5.74) is -0.711. The Labute approximate surface area is 93.3 Å². The fourth-order valence-corrected chi connectivity index (χ4v) is 2.32. The zero-order valence-corrected chi connectivity index (χ0v) is 9.59. The summed E-state index contributed by atoms with van der Waals surface area (Å²) < 4.78 is 5.35. The molecular formula is C10H16N2O2S. The molecule has 1 aromatic heterocycles. The van der Waals surface area contributed by atoms with Crippen LogP contribution in [0.3, 0.4) is 0 Å².